The molecule has 1 heterocycles. The normalized spacial score (nSPS) is 22.4. The van der Waals surface area contributed by atoms with Gasteiger partial charge in [0.05, 0.1) is 25.4 Å². The number of amides is 1. The number of aliphatic hydroxyl groups is 5. The number of carbonyl (C=O) groups excluding carboxylic acids is 1. The maximum absolute atomic E-state index is 12.9. The van der Waals surface area contributed by atoms with E-state index in [1.807, 2.05) is 6.08 Å². The molecule has 0 aromatic heterocycles. The van der Waals surface area contributed by atoms with Crippen molar-refractivity contribution in [3.8, 4) is 0 Å². The summed E-state index contributed by atoms with van der Waals surface area (Å²) in [6.07, 6.45) is 32.1. The van der Waals surface area contributed by atoms with E-state index in [0.29, 0.717) is 6.42 Å². The number of unbranched alkanes of at least 4 members (excludes halogenated alkanes) is 20. The van der Waals surface area contributed by atoms with Gasteiger partial charge in [-0.2, -0.15) is 0 Å². The predicted octanol–water partition coefficient (Wildman–Crippen LogP) is 7.72. The third-order valence-electron chi connectivity index (χ3n) is 9.74. The van der Waals surface area contributed by atoms with Gasteiger partial charge >= 0.3 is 0 Å². The van der Waals surface area contributed by atoms with Crippen LogP contribution >= 0.6 is 0 Å². The summed E-state index contributed by atoms with van der Waals surface area (Å²) in [5, 5.41) is 53.8. The van der Waals surface area contributed by atoms with Crippen molar-refractivity contribution >= 4 is 5.91 Å². The number of hydrogen-bond acceptors (Lipinski definition) is 8. The molecule has 2 unspecified atom stereocenters. The second-order valence-corrected chi connectivity index (χ2v) is 14.5. The van der Waals surface area contributed by atoms with E-state index in [2.05, 4.69) is 37.4 Å². The van der Waals surface area contributed by atoms with Crippen molar-refractivity contribution in [3.63, 3.8) is 0 Å². The lowest BCUT2D eigenvalue weighted by Gasteiger charge is -2.40. The Morgan fingerprint density at radius 2 is 1.16 bits per heavy atom. The molecule has 1 aliphatic heterocycles. The van der Waals surface area contributed by atoms with Gasteiger partial charge in [0.25, 0.3) is 0 Å². The highest BCUT2D eigenvalue weighted by molar-refractivity contribution is 5.76. The van der Waals surface area contributed by atoms with Gasteiger partial charge in [-0.05, 0) is 44.9 Å². The van der Waals surface area contributed by atoms with Crippen molar-refractivity contribution in [2.75, 3.05) is 13.2 Å². The van der Waals surface area contributed by atoms with Gasteiger partial charge in [-0.1, -0.05) is 153 Å². The topological polar surface area (TPSA) is 149 Å². The van der Waals surface area contributed by atoms with Crippen LogP contribution in [0.15, 0.2) is 36.5 Å². The summed E-state index contributed by atoms with van der Waals surface area (Å²) in [4.78, 5) is 12.9. The largest absolute Gasteiger partial charge is 0.394 e. The molecule has 0 spiro atoms. The lowest BCUT2D eigenvalue weighted by molar-refractivity contribution is -0.302. The number of nitrogens with one attached hydrogen (secondary N) is 1. The van der Waals surface area contributed by atoms with E-state index in [9.17, 15) is 30.3 Å². The molecule has 1 aliphatic rings. The molecular formula is C42H77NO8. The Kier molecular flexibility index (Phi) is 30.7. The smallest absolute Gasteiger partial charge is 0.220 e. The quantitative estimate of drug-likeness (QED) is 0.0229. The van der Waals surface area contributed by atoms with Gasteiger partial charge in [-0.15, -0.1) is 0 Å². The van der Waals surface area contributed by atoms with Crippen molar-refractivity contribution < 1.29 is 39.8 Å². The maximum Gasteiger partial charge on any atom is 0.220 e. The summed E-state index contributed by atoms with van der Waals surface area (Å²) in [6.45, 7) is 3.68. The summed E-state index contributed by atoms with van der Waals surface area (Å²) in [5.74, 6) is -0.200. The van der Waals surface area contributed by atoms with Crippen molar-refractivity contribution in [1.29, 1.82) is 0 Å². The van der Waals surface area contributed by atoms with E-state index in [0.717, 1.165) is 32.1 Å². The Morgan fingerprint density at radius 1 is 0.667 bits per heavy atom. The van der Waals surface area contributed by atoms with Crippen molar-refractivity contribution in [2.45, 2.75) is 211 Å². The van der Waals surface area contributed by atoms with Crippen molar-refractivity contribution in [3.05, 3.63) is 36.5 Å². The molecule has 0 saturated carbocycles. The van der Waals surface area contributed by atoms with Crippen molar-refractivity contribution in [2.24, 2.45) is 0 Å². The van der Waals surface area contributed by atoms with Gasteiger partial charge in [0.2, 0.25) is 5.91 Å². The van der Waals surface area contributed by atoms with Crippen LogP contribution in [0.25, 0.3) is 0 Å². The molecule has 9 heteroatoms. The fraction of sp³-hybridized carbons (Fsp3) is 0.833. The highest BCUT2D eigenvalue weighted by atomic mass is 16.7. The standard InChI is InChI=1S/C42H77NO8/c1-3-5-7-9-11-13-14-15-16-17-18-19-20-21-22-24-26-28-30-32-38(46)43-35(36(45)31-29-27-25-23-12-10-8-6-4-2)34-50-42-41(49)40(48)39(47)37(33-44)51-42/h15-16,25,27,29,31,35-37,39-42,44-45,47-49H,3-14,17-24,26,28,30,32-34H2,1-2H3,(H,43,46)/b16-15+,27-25+,31-29+/t35-,36+,37-,39-,40?,41?,42-/m0/s1. The van der Waals surface area contributed by atoms with Crippen molar-refractivity contribution in [1.82, 2.24) is 5.32 Å². The Bertz CT molecular complexity index is 894. The second-order valence-electron chi connectivity index (χ2n) is 14.5. The Labute approximate surface area is 311 Å². The van der Waals surface area contributed by atoms with Gasteiger partial charge in [0, 0.05) is 6.42 Å². The zero-order chi connectivity index (χ0) is 37.4. The molecule has 298 valence electrons. The minimum Gasteiger partial charge on any atom is -0.394 e. The number of ether oxygens (including phenoxy) is 2. The first-order valence-corrected chi connectivity index (χ1v) is 20.7. The number of allylic oxidation sites excluding steroid dienone is 5. The minimum atomic E-state index is -1.57. The number of hydrogen-bond donors (Lipinski definition) is 6. The zero-order valence-electron chi connectivity index (χ0n) is 32.4. The van der Waals surface area contributed by atoms with Gasteiger partial charge in [0.15, 0.2) is 6.29 Å². The second kappa shape index (κ2) is 33.0. The van der Waals surface area contributed by atoms with Gasteiger partial charge < -0.3 is 40.3 Å². The molecule has 0 aliphatic carbocycles. The fourth-order valence-corrected chi connectivity index (χ4v) is 6.32. The van der Waals surface area contributed by atoms with Crippen LogP contribution in [0, 0.1) is 0 Å². The van der Waals surface area contributed by atoms with Gasteiger partial charge in [0.1, 0.15) is 24.4 Å². The van der Waals surface area contributed by atoms with Crippen LogP contribution < -0.4 is 5.32 Å². The Hall–Kier alpha value is -1.59. The molecule has 1 amide bonds. The molecule has 0 radical (unpaired) electrons. The highest BCUT2D eigenvalue weighted by Crippen LogP contribution is 2.22. The van der Waals surface area contributed by atoms with E-state index in [4.69, 9.17) is 9.47 Å². The summed E-state index contributed by atoms with van der Waals surface area (Å²) in [6, 6.07) is -0.834. The van der Waals surface area contributed by atoms with E-state index < -0.39 is 49.5 Å². The molecule has 0 aromatic carbocycles. The number of carbonyl (C=O) groups is 1. The molecule has 1 rings (SSSR count). The molecule has 7 atom stereocenters. The van der Waals surface area contributed by atoms with Crippen LogP contribution in [0.3, 0.4) is 0 Å². The number of aliphatic hydroxyl groups excluding tert-OH is 5. The van der Waals surface area contributed by atoms with Crippen LogP contribution in [0.4, 0.5) is 0 Å². The molecule has 6 N–H and O–H groups in total. The van der Waals surface area contributed by atoms with Crippen LogP contribution in [0.1, 0.15) is 168 Å². The molecule has 0 bridgehead atoms. The molecule has 51 heavy (non-hydrogen) atoms. The van der Waals surface area contributed by atoms with E-state index >= 15 is 0 Å². The number of rotatable bonds is 33. The van der Waals surface area contributed by atoms with E-state index in [-0.39, 0.29) is 12.5 Å². The van der Waals surface area contributed by atoms with Crippen LogP contribution in [-0.4, -0.2) is 87.5 Å². The van der Waals surface area contributed by atoms with E-state index in [1.54, 1.807) is 12.2 Å². The van der Waals surface area contributed by atoms with Gasteiger partial charge in [-0.3, -0.25) is 4.79 Å². The average molecular weight is 724 g/mol. The Balaban J connectivity index is 2.35. The zero-order valence-corrected chi connectivity index (χ0v) is 32.4. The van der Waals surface area contributed by atoms with E-state index in [1.165, 1.54) is 116 Å². The Morgan fingerprint density at radius 3 is 1.69 bits per heavy atom. The predicted molar refractivity (Wildman–Crippen MR) is 207 cm³/mol. The molecule has 1 saturated heterocycles. The third-order valence-corrected chi connectivity index (χ3v) is 9.74. The first-order chi connectivity index (χ1) is 24.8. The first-order valence-electron chi connectivity index (χ1n) is 20.7. The summed E-state index contributed by atoms with van der Waals surface area (Å²) in [7, 11) is 0. The average Bonchev–Trinajstić information content (AvgIpc) is 3.13. The fourth-order valence-electron chi connectivity index (χ4n) is 6.32. The summed E-state index contributed by atoms with van der Waals surface area (Å²) >= 11 is 0. The molecule has 9 nitrogen and oxygen atoms in total. The lowest BCUT2D eigenvalue weighted by atomic mass is 9.99. The van der Waals surface area contributed by atoms with Crippen LogP contribution in [0.2, 0.25) is 0 Å². The maximum atomic E-state index is 12.9. The third kappa shape index (κ3) is 24.4. The molecule has 1 fully saturated rings. The van der Waals surface area contributed by atoms with Crippen LogP contribution in [0.5, 0.6) is 0 Å². The molecule has 0 aromatic rings. The summed E-state index contributed by atoms with van der Waals surface area (Å²) in [5.41, 5.74) is 0. The monoisotopic (exact) mass is 724 g/mol. The van der Waals surface area contributed by atoms with Crippen LogP contribution in [-0.2, 0) is 14.3 Å². The van der Waals surface area contributed by atoms with Gasteiger partial charge in [-0.25, -0.2) is 0 Å². The minimum absolute atomic E-state index is 0.200. The lowest BCUT2D eigenvalue weighted by Crippen LogP contribution is -2.60. The summed E-state index contributed by atoms with van der Waals surface area (Å²) < 4.78 is 11.1. The first kappa shape index (κ1) is 47.4. The molecular weight excluding hydrogens is 646 g/mol. The SMILES string of the molecule is CCCCCCC/C=C/C=C/[C@@H](O)[C@H](CO[C@H]1O[C@@H](CO)[C@H](O)C(O)C1O)NC(=O)CCCCCCCCCCC/C=C/CCCCCCCC. The highest BCUT2D eigenvalue weighted by Gasteiger charge is 2.44.